The van der Waals surface area contributed by atoms with Crippen molar-refractivity contribution in [1.29, 1.82) is 0 Å². The summed E-state index contributed by atoms with van der Waals surface area (Å²) in [5.41, 5.74) is 0.639. The highest BCUT2D eigenvalue weighted by Gasteiger charge is 2.15. The lowest BCUT2D eigenvalue weighted by Gasteiger charge is -2.16. The summed E-state index contributed by atoms with van der Waals surface area (Å²) in [6, 6.07) is 3.33. The number of ether oxygens (including phenoxy) is 2. The molecular formula is C18H20ClF2N3O3. The van der Waals surface area contributed by atoms with Gasteiger partial charge in [0.05, 0.1) is 25.3 Å². The molecule has 0 aliphatic carbocycles. The maximum atomic E-state index is 12.9. The molecule has 0 saturated heterocycles. The number of amides is 1. The smallest absolute Gasteiger partial charge is 0.319 e. The van der Waals surface area contributed by atoms with Crippen LogP contribution in [0.15, 0.2) is 30.6 Å². The molecule has 0 fully saturated rings. The third-order valence-electron chi connectivity index (χ3n) is 3.67. The van der Waals surface area contributed by atoms with Gasteiger partial charge in [-0.3, -0.25) is 9.36 Å². The van der Waals surface area contributed by atoms with E-state index in [1.165, 1.54) is 37.5 Å². The molecule has 1 heterocycles. The molecule has 0 atom stereocenters. The summed E-state index contributed by atoms with van der Waals surface area (Å²) in [6.07, 6.45) is 5.32. The highest BCUT2D eigenvalue weighted by molar-refractivity contribution is 6.32. The molecule has 146 valence electrons. The molecule has 2 rings (SSSR count). The van der Waals surface area contributed by atoms with Crippen molar-refractivity contribution >= 4 is 23.6 Å². The van der Waals surface area contributed by atoms with Crippen LogP contribution in [0.25, 0.3) is 6.08 Å². The van der Waals surface area contributed by atoms with E-state index in [1.807, 2.05) is 6.92 Å². The third kappa shape index (κ3) is 5.19. The zero-order valence-electron chi connectivity index (χ0n) is 15.2. The molecule has 0 bridgehead atoms. The van der Waals surface area contributed by atoms with E-state index < -0.39 is 6.55 Å². The average molecular weight is 400 g/mol. The van der Waals surface area contributed by atoms with Crippen molar-refractivity contribution in [1.82, 2.24) is 14.5 Å². The van der Waals surface area contributed by atoms with E-state index in [2.05, 4.69) is 4.98 Å². The molecule has 0 aliphatic rings. The largest absolute Gasteiger partial charge is 0.491 e. The number of likely N-dealkylation sites (N-methyl/N-ethyl adjacent to an activating group) is 1. The van der Waals surface area contributed by atoms with Gasteiger partial charge in [0.1, 0.15) is 5.82 Å². The molecule has 2 aromatic rings. The van der Waals surface area contributed by atoms with Gasteiger partial charge in [0.15, 0.2) is 11.5 Å². The van der Waals surface area contributed by atoms with E-state index >= 15 is 0 Å². The quantitative estimate of drug-likeness (QED) is 0.629. The topological polar surface area (TPSA) is 56.6 Å². The van der Waals surface area contributed by atoms with Gasteiger partial charge in [0, 0.05) is 25.5 Å². The van der Waals surface area contributed by atoms with Crippen LogP contribution >= 0.6 is 11.6 Å². The van der Waals surface area contributed by atoms with Crippen LogP contribution in [-0.4, -0.2) is 41.1 Å². The van der Waals surface area contributed by atoms with Crippen LogP contribution in [0.5, 0.6) is 11.5 Å². The van der Waals surface area contributed by atoms with Gasteiger partial charge in [0.2, 0.25) is 5.91 Å². The molecule has 0 saturated carbocycles. The van der Waals surface area contributed by atoms with Crippen molar-refractivity contribution in [2.75, 3.05) is 20.8 Å². The number of carbonyl (C=O) groups is 1. The summed E-state index contributed by atoms with van der Waals surface area (Å²) < 4.78 is 37.1. The number of hydrogen-bond acceptors (Lipinski definition) is 4. The lowest BCUT2D eigenvalue weighted by Crippen LogP contribution is -2.26. The van der Waals surface area contributed by atoms with Crippen LogP contribution in [0.3, 0.4) is 0 Å². The highest BCUT2D eigenvalue weighted by atomic mass is 35.5. The Labute approximate surface area is 161 Å². The fraction of sp³-hybridized carbons (Fsp3) is 0.333. The van der Waals surface area contributed by atoms with Crippen molar-refractivity contribution in [2.24, 2.45) is 0 Å². The average Bonchev–Trinajstić information content (AvgIpc) is 3.08. The molecule has 0 aliphatic heterocycles. The summed E-state index contributed by atoms with van der Waals surface area (Å²) in [6.45, 7) is -0.496. The molecule has 0 spiro atoms. The molecule has 27 heavy (non-hydrogen) atoms. The van der Waals surface area contributed by atoms with Crippen LogP contribution in [0.1, 0.15) is 24.9 Å². The fourth-order valence-electron chi connectivity index (χ4n) is 2.37. The maximum absolute atomic E-state index is 12.9. The zero-order valence-corrected chi connectivity index (χ0v) is 15.9. The van der Waals surface area contributed by atoms with Crippen molar-refractivity contribution in [3.05, 3.63) is 47.0 Å². The van der Waals surface area contributed by atoms with E-state index in [0.717, 1.165) is 0 Å². The van der Waals surface area contributed by atoms with Gasteiger partial charge in [-0.2, -0.15) is 8.78 Å². The minimum atomic E-state index is -2.71. The van der Waals surface area contributed by atoms with Gasteiger partial charge in [-0.25, -0.2) is 4.98 Å². The highest BCUT2D eigenvalue weighted by Crippen LogP contribution is 2.36. The molecule has 0 N–H and O–H groups in total. The van der Waals surface area contributed by atoms with Crippen molar-refractivity contribution < 1.29 is 23.0 Å². The van der Waals surface area contributed by atoms with Gasteiger partial charge < -0.3 is 14.4 Å². The monoisotopic (exact) mass is 399 g/mol. The summed E-state index contributed by atoms with van der Waals surface area (Å²) in [4.78, 5) is 17.4. The lowest BCUT2D eigenvalue weighted by molar-refractivity contribution is -0.125. The minimum Gasteiger partial charge on any atom is -0.491 e. The van der Waals surface area contributed by atoms with Crippen LogP contribution < -0.4 is 9.47 Å². The van der Waals surface area contributed by atoms with Crippen LogP contribution in [-0.2, 0) is 11.3 Å². The van der Waals surface area contributed by atoms with Gasteiger partial charge in [-0.1, -0.05) is 11.6 Å². The zero-order chi connectivity index (χ0) is 20.0. The Morgan fingerprint density at radius 2 is 2.19 bits per heavy atom. The molecule has 6 nitrogen and oxygen atoms in total. The lowest BCUT2D eigenvalue weighted by atomic mass is 10.2. The molecule has 1 aromatic carbocycles. The number of alkyl halides is 2. The first kappa shape index (κ1) is 20.7. The second-order valence-corrected chi connectivity index (χ2v) is 5.93. The Morgan fingerprint density at radius 3 is 2.81 bits per heavy atom. The third-order valence-corrected chi connectivity index (χ3v) is 3.95. The Kier molecular flexibility index (Phi) is 7.18. The Morgan fingerprint density at radius 1 is 1.44 bits per heavy atom. The van der Waals surface area contributed by atoms with Gasteiger partial charge in [-0.05, 0) is 30.7 Å². The molecule has 0 unspecified atom stereocenters. The first-order valence-corrected chi connectivity index (χ1v) is 8.48. The number of methoxy groups -OCH3 is 1. The normalized spacial score (nSPS) is 11.2. The molecule has 0 radical (unpaired) electrons. The number of hydrogen-bond donors (Lipinski definition) is 0. The fourth-order valence-corrected chi connectivity index (χ4v) is 2.67. The number of nitrogens with zero attached hydrogens (tertiary/aromatic N) is 3. The maximum Gasteiger partial charge on any atom is 0.319 e. The van der Waals surface area contributed by atoms with E-state index in [-0.39, 0.29) is 18.3 Å². The molecule has 1 amide bonds. The van der Waals surface area contributed by atoms with E-state index in [4.69, 9.17) is 21.1 Å². The van der Waals surface area contributed by atoms with Crippen molar-refractivity contribution in [3.63, 3.8) is 0 Å². The van der Waals surface area contributed by atoms with Crippen LogP contribution in [0, 0.1) is 0 Å². The first-order chi connectivity index (χ1) is 12.9. The SMILES string of the molecule is CCOc1cc(/C=C/C(=O)N(C)Cc2nccn2C(F)F)cc(Cl)c1OC. The summed E-state index contributed by atoms with van der Waals surface area (Å²) in [7, 11) is 2.99. The van der Waals surface area contributed by atoms with E-state index in [9.17, 15) is 13.6 Å². The predicted octanol–water partition coefficient (Wildman–Crippen LogP) is 4.01. The number of carbonyl (C=O) groups excluding carboxylic acids is 1. The second kappa shape index (κ2) is 9.36. The summed E-state index contributed by atoms with van der Waals surface area (Å²) in [5, 5.41) is 0.350. The molecular weight excluding hydrogens is 380 g/mol. The number of benzene rings is 1. The minimum absolute atomic E-state index is 0.0475. The van der Waals surface area contributed by atoms with Crippen LogP contribution in [0.4, 0.5) is 8.78 Å². The van der Waals surface area contributed by atoms with Crippen molar-refractivity contribution in [2.45, 2.75) is 20.0 Å². The second-order valence-electron chi connectivity index (χ2n) is 5.52. The van der Waals surface area contributed by atoms with E-state index in [0.29, 0.717) is 33.3 Å². The first-order valence-electron chi connectivity index (χ1n) is 8.10. The number of rotatable bonds is 8. The van der Waals surface area contributed by atoms with Gasteiger partial charge >= 0.3 is 6.55 Å². The van der Waals surface area contributed by atoms with E-state index in [1.54, 1.807) is 18.2 Å². The summed E-state index contributed by atoms with van der Waals surface area (Å²) in [5.74, 6) is 0.606. The van der Waals surface area contributed by atoms with Gasteiger partial charge in [0.25, 0.3) is 0 Å². The number of imidazole rings is 1. The molecule has 1 aromatic heterocycles. The standard InChI is InChI=1S/C18H20ClF2N3O3/c1-4-27-14-10-12(9-13(19)17(14)26-3)5-6-16(25)23(2)11-15-22-7-8-24(15)18(20)21/h5-10,18H,4,11H2,1-3H3/b6-5+. The Balaban J connectivity index is 2.12. The molecule has 9 heteroatoms. The van der Waals surface area contributed by atoms with Crippen molar-refractivity contribution in [3.8, 4) is 11.5 Å². The summed E-state index contributed by atoms with van der Waals surface area (Å²) >= 11 is 6.17. The van der Waals surface area contributed by atoms with Gasteiger partial charge in [-0.15, -0.1) is 0 Å². The Bertz CT molecular complexity index is 824. The number of aromatic nitrogens is 2. The van der Waals surface area contributed by atoms with Crippen LogP contribution in [0.2, 0.25) is 5.02 Å². The number of halogens is 3. The Hall–Kier alpha value is -2.61. The predicted molar refractivity (Wildman–Crippen MR) is 98.2 cm³/mol.